The van der Waals surface area contributed by atoms with E-state index in [0.717, 1.165) is 16.6 Å². The Morgan fingerprint density at radius 3 is 2.66 bits per heavy atom. The van der Waals surface area contributed by atoms with Crippen molar-refractivity contribution in [3.8, 4) is 11.5 Å². The molecule has 0 amide bonds. The maximum absolute atomic E-state index is 13.6. The van der Waals surface area contributed by atoms with Crippen LogP contribution in [0.3, 0.4) is 0 Å². The second-order valence-electron chi connectivity index (χ2n) is 6.58. The first-order chi connectivity index (χ1) is 14.2. The van der Waals surface area contributed by atoms with Gasteiger partial charge in [0, 0.05) is 46.2 Å². The van der Waals surface area contributed by atoms with E-state index < -0.39 is 6.04 Å². The molecule has 2 aromatic carbocycles. The van der Waals surface area contributed by atoms with E-state index in [1.807, 2.05) is 54.6 Å². The number of rotatable bonds is 7. The van der Waals surface area contributed by atoms with Gasteiger partial charge in [0.25, 0.3) is 0 Å². The van der Waals surface area contributed by atoms with Crippen LogP contribution >= 0.6 is 0 Å². The highest BCUT2D eigenvalue weighted by atomic mass is 16.5. The fraction of sp³-hybridized carbons (Fsp3) is 0.130. The number of carbonyl (C=O) groups excluding carboxylic acids is 1. The monoisotopic (exact) mass is 387 g/mol. The van der Waals surface area contributed by atoms with Gasteiger partial charge in [-0.2, -0.15) is 0 Å². The van der Waals surface area contributed by atoms with Gasteiger partial charge in [-0.05, 0) is 24.3 Å². The minimum Gasteiger partial charge on any atom is -0.497 e. The molecule has 146 valence electrons. The summed E-state index contributed by atoms with van der Waals surface area (Å²) in [5.41, 5.74) is 3.01. The Labute approximate surface area is 168 Å². The summed E-state index contributed by atoms with van der Waals surface area (Å²) >= 11 is 0. The van der Waals surface area contributed by atoms with Crippen molar-refractivity contribution in [2.45, 2.75) is 6.04 Å². The molecule has 0 spiro atoms. The number of para-hydroxylation sites is 1. The summed E-state index contributed by atoms with van der Waals surface area (Å²) < 4.78 is 10.6. The van der Waals surface area contributed by atoms with Crippen molar-refractivity contribution in [3.63, 3.8) is 0 Å². The van der Waals surface area contributed by atoms with Crippen LogP contribution in [0, 0.1) is 0 Å². The lowest BCUT2D eigenvalue weighted by Crippen LogP contribution is -2.21. The predicted octanol–water partition coefficient (Wildman–Crippen LogP) is 4.62. The Morgan fingerprint density at radius 1 is 1.00 bits per heavy atom. The van der Waals surface area contributed by atoms with Gasteiger partial charge in [-0.1, -0.05) is 24.3 Å². The van der Waals surface area contributed by atoms with E-state index >= 15 is 0 Å². The SMILES string of the molecule is COc1cccc(NC(C(=O)c2c[nH]c3ccccc23)c2cncc(OC)c2)c1. The number of H-pyrrole nitrogens is 1. The van der Waals surface area contributed by atoms with E-state index in [1.54, 1.807) is 32.8 Å². The van der Waals surface area contributed by atoms with Crippen LogP contribution in [0.1, 0.15) is 22.0 Å². The first-order valence-corrected chi connectivity index (χ1v) is 9.19. The van der Waals surface area contributed by atoms with E-state index in [9.17, 15) is 4.79 Å². The van der Waals surface area contributed by atoms with E-state index in [4.69, 9.17) is 9.47 Å². The third-order valence-corrected chi connectivity index (χ3v) is 4.80. The molecule has 0 radical (unpaired) electrons. The van der Waals surface area contributed by atoms with E-state index in [1.165, 1.54) is 0 Å². The van der Waals surface area contributed by atoms with Crippen molar-refractivity contribution in [2.24, 2.45) is 0 Å². The van der Waals surface area contributed by atoms with Crippen molar-refractivity contribution in [2.75, 3.05) is 19.5 Å². The zero-order valence-corrected chi connectivity index (χ0v) is 16.2. The molecule has 0 fully saturated rings. The molecule has 0 saturated carbocycles. The van der Waals surface area contributed by atoms with Crippen molar-refractivity contribution in [3.05, 3.63) is 84.3 Å². The number of aromatic nitrogens is 2. The Balaban J connectivity index is 1.77. The summed E-state index contributed by atoms with van der Waals surface area (Å²) in [6, 6.07) is 16.4. The predicted molar refractivity (Wildman–Crippen MR) is 113 cm³/mol. The van der Waals surface area contributed by atoms with Crippen LogP contribution in [0.25, 0.3) is 10.9 Å². The van der Waals surface area contributed by atoms with Gasteiger partial charge in [-0.25, -0.2) is 0 Å². The molecule has 29 heavy (non-hydrogen) atoms. The highest BCUT2D eigenvalue weighted by Crippen LogP contribution is 2.29. The number of hydrogen-bond acceptors (Lipinski definition) is 5. The molecule has 0 saturated heterocycles. The van der Waals surface area contributed by atoms with Gasteiger partial charge >= 0.3 is 0 Å². The number of anilines is 1. The minimum atomic E-state index is -0.649. The van der Waals surface area contributed by atoms with Gasteiger partial charge < -0.3 is 19.8 Å². The molecule has 0 aliphatic carbocycles. The standard InChI is InChI=1S/C23H21N3O3/c1-28-17-7-5-6-16(11-17)26-22(15-10-18(29-2)13-24-12-15)23(27)20-14-25-21-9-4-3-8-19(20)21/h3-14,22,25-26H,1-2H3. The lowest BCUT2D eigenvalue weighted by molar-refractivity contribution is 0.0971. The van der Waals surface area contributed by atoms with Crippen LogP contribution in [-0.2, 0) is 0 Å². The second kappa shape index (κ2) is 8.06. The zero-order chi connectivity index (χ0) is 20.2. The van der Waals surface area contributed by atoms with Gasteiger partial charge in [0.05, 0.1) is 20.4 Å². The van der Waals surface area contributed by atoms with E-state index in [0.29, 0.717) is 22.6 Å². The first kappa shape index (κ1) is 18.6. The molecule has 6 nitrogen and oxygen atoms in total. The number of ether oxygens (including phenoxy) is 2. The lowest BCUT2D eigenvalue weighted by atomic mass is 9.97. The highest BCUT2D eigenvalue weighted by molar-refractivity contribution is 6.11. The van der Waals surface area contributed by atoms with Gasteiger partial charge in [0.2, 0.25) is 0 Å². The number of fused-ring (bicyclic) bond motifs is 1. The summed E-state index contributed by atoms with van der Waals surface area (Å²) in [4.78, 5) is 21.0. The fourth-order valence-electron chi connectivity index (χ4n) is 3.32. The summed E-state index contributed by atoms with van der Waals surface area (Å²) in [5.74, 6) is 1.23. The number of nitrogens with one attached hydrogen (secondary N) is 2. The smallest absolute Gasteiger partial charge is 0.191 e. The number of carbonyl (C=O) groups is 1. The molecule has 0 bridgehead atoms. The summed E-state index contributed by atoms with van der Waals surface area (Å²) in [6.07, 6.45) is 5.04. The number of methoxy groups -OCH3 is 2. The van der Waals surface area contributed by atoms with Crippen LogP contribution in [0.2, 0.25) is 0 Å². The van der Waals surface area contributed by atoms with Crippen molar-refractivity contribution >= 4 is 22.4 Å². The zero-order valence-electron chi connectivity index (χ0n) is 16.2. The van der Waals surface area contributed by atoms with Gasteiger partial charge in [0.15, 0.2) is 5.78 Å². The summed E-state index contributed by atoms with van der Waals surface area (Å²) in [7, 11) is 3.19. The van der Waals surface area contributed by atoms with Crippen LogP contribution in [-0.4, -0.2) is 30.0 Å². The minimum absolute atomic E-state index is 0.0691. The Bertz CT molecular complexity index is 1150. The van der Waals surface area contributed by atoms with Crippen LogP contribution in [0.5, 0.6) is 11.5 Å². The number of Topliss-reactive ketones (excluding diaryl/α,β-unsaturated/α-hetero) is 1. The summed E-state index contributed by atoms with van der Waals surface area (Å²) in [5, 5.41) is 4.22. The molecule has 1 atom stereocenters. The van der Waals surface area contributed by atoms with Crippen molar-refractivity contribution in [1.29, 1.82) is 0 Å². The molecule has 2 heterocycles. The lowest BCUT2D eigenvalue weighted by Gasteiger charge is -2.20. The summed E-state index contributed by atoms with van der Waals surface area (Å²) in [6.45, 7) is 0. The Morgan fingerprint density at radius 2 is 1.83 bits per heavy atom. The topological polar surface area (TPSA) is 76.2 Å². The maximum atomic E-state index is 13.6. The number of nitrogens with zero attached hydrogens (tertiary/aromatic N) is 1. The average Bonchev–Trinajstić information content (AvgIpc) is 3.21. The Kier molecular flexibility index (Phi) is 5.16. The molecule has 2 aromatic heterocycles. The third kappa shape index (κ3) is 3.78. The third-order valence-electron chi connectivity index (χ3n) is 4.80. The molecule has 0 aliphatic rings. The van der Waals surface area contributed by atoms with Crippen LogP contribution in [0.15, 0.2) is 73.2 Å². The normalized spacial score (nSPS) is 11.8. The average molecular weight is 387 g/mol. The number of pyridine rings is 1. The van der Waals surface area contributed by atoms with Crippen LogP contribution in [0.4, 0.5) is 5.69 Å². The molecule has 0 aliphatic heterocycles. The van der Waals surface area contributed by atoms with Gasteiger partial charge in [0.1, 0.15) is 17.5 Å². The quantitative estimate of drug-likeness (QED) is 0.453. The largest absolute Gasteiger partial charge is 0.497 e. The molecule has 6 heteroatoms. The molecule has 4 rings (SSSR count). The van der Waals surface area contributed by atoms with Crippen molar-refractivity contribution < 1.29 is 14.3 Å². The number of hydrogen-bond donors (Lipinski definition) is 2. The molecule has 2 N–H and O–H groups in total. The second-order valence-corrected chi connectivity index (χ2v) is 6.58. The van der Waals surface area contributed by atoms with Gasteiger partial charge in [-0.3, -0.25) is 9.78 Å². The fourth-order valence-corrected chi connectivity index (χ4v) is 3.32. The van der Waals surface area contributed by atoms with Crippen LogP contribution < -0.4 is 14.8 Å². The van der Waals surface area contributed by atoms with E-state index in [-0.39, 0.29) is 5.78 Å². The highest BCUT2D eigenvalue weighted by Gasteiger charge is 2.25. The molecular formula is C23H21N3O3. The van der Waals surface area contributed by atoms with Crippen molar-refractivity contribution in [1.82, 2.24) is 9.97 Å². The molecular weight excluding hydrogens is 366 g/mol. The maximum Gasteiger partial charge on any atom is 0.191 e. The molecule has 4 aromatic rings. The van der Waals surface area contributed by atoms with E-state index in [2.05, 4.69) is 15.3 Å². The number of ketones is 1. The molecule has 1 unspecified atom stereocenters. The number of aromatic amines is 1. The van der Waals surface area contributed by atoms with Gasteiger partial charge in [-0.15, -0.1) is 0 Å². The number of benzene rings is 2. The Hall–Kier alpha value is -3.80. The first-order valence-electron chi connectivity index (χ1n) is 9.19.